The van der Waals surface area contributed by atoms with Crippen molar-refractivity contribution >= 4 is 9.84 Å². The summed E-state index contributed by atoms with van der Waals surface area (Å²) in [5.74, 6) is 0.222. The lowest BCUT2D eigenvalue weighted by molar-refractivity contribution is 0.461. The molecule has 0 spiro atoms. The van der Waals surface area contributed by atoms with Gasteiger partial charge in [0.15, 0.2) is 9.84 Å². The highest BCUT2D eigenvalue weighted by Crippen LogP contribution is 2.25. The van der Waals surface area contributed by atoms with Crippen LogP contribution in [0.15, 0.2) is 23.1 Å². The van der Waals surface area contributed by atoms with E-state index in [0.717, 1.165) is 0 Å². The number of benzene rings is 1. The van der Waals surface area contributed by atoms with Crippen LogP contribution in [0.5, 0.6) is 5.75 Å². The van der Waals surface area contributed by atoms with E-state index in [1.54, 1.807) is 6.92 Å². The highest BCUT2D eigenvalue weighted by Gasteiger charge is 2.23. The summed E-state index contributed by atoms with van der Waals surface area (Å²) >= 11 is 0. The fourth-order valence-electron chi connectivity index (χ4n) is 1.47. The zero-order valence-corrected chi connectivity index (χ0v) is 10.9. The zero-order chi connectivity index (χ0) is 12.6. The van der Waals surface area contributed by atoms with Crippen molar-refractivity contribution < 1.29 is 13.5 Å². The molecule has 0 unspecified atom stereocenters. The Morgan fingerprint density at radius 2 is 1.81 bits per heavy atom. The van der Waals surface area contributed by atoms with Crippen LogP contribution in [0.1, 0.15) is 26.3 Å². The van der Waals surface area contributed by atoms with Crippen LogP contribution in [0, 0.1) is 12.3 Å². The minimum Gasteiger partial charge on any atom is -0.508 e. The third-order valence-electron chi connectivity index (χ3n) is 2.15. The average molecular weight is 242 g/mol. The first-order valence-electron chi connectivity index (χ1n) is 5.14. The Labute approximate surface area is 97.0 Å². The van der Waals surface area contributed by atoms with Gasteiger partial charge in [-0.2, -0.15) is 0 Å². The number of hydrogen-bond acceptors (Lipinski definition) is 3. The van der Waals surface area contributed by atoms with Gasteiger partial charge in [-0.05, 0) is 36.1 Å². The molecule has 3 nitrogen and oxygen atoms in total. The van der Waals surface area contributed by atoms with E-state index >= 15 is 0 Å². The normalized spacial score (nSPS) is 12.8. The molecule has 0 heterocycles. The second-order valence-corrected chi connectivity index (χ2v) is 7.26. The lowest BCUT2D eigenvalue weighted by atomic mass is 10.0. The second-order valence-electron chi connectivity index (χ2n) is 5.27. The van der Waals surface area contributed by atoms with Crippen molar-refractivity contribution in [3.05, 3.63) is 23.8 Å². The lowest BCUT2D eigenvalue weighted by Crippen LogP contribution is -2.20. The minimum atomic E-state index is -3.27. The van der Waals surface area contributed by atoms with Crippen LogP contribution in [0.3, 0.4) is 0 Å². The number of sulfone groups is 1. The third kappa shape index (κ3) is 3.23. The van der Waals surface area contributed by atoms with E-state index in [0.29, 0.717) is 5.56 Å². The fraction of sp³-hybridized carbons (Fsp3) is 0.500. The van der Waals surface area contributed by atoms with Gasteiger partial charge in [0.2, 0.25) is 0 Å². The summed E-state index contributed by atoms with van der Waals surface area (Å²) < 4.78 is 24.1. The molecule has 0 amide bonds. The molecule has 0 aliphatic rings. The van der Waals surface area contributed by atoms with Gasteiger partial charge in [-0.1, -0.05) is 20.8 Å². The van der Waals surface area contributed by atoms with Crippen LogP contribution < -0.4 is 0 Å². The van der Waals surface area contributed by atoms with Crippen LogP contribution in [0.4, 0.5) is 0 Å². The molecule has 0 atom stereocenters. The first-order valence-corrected chi connectivity index (χ1v) is 6.79. The van der Waals surface area contributed by atoms with E-state index in [4.69, 9.17) is 0 Å². The highest BCUT2D eigenvalue weighted by atomic mass is 32.2. The summed E-state index contributed by atoms with van der Waals surface area (Å²) in [6.07, 6.45) is 0. The summed E-state index contributed by atoms with van der Waals surface area (Å²) in [5, 5.41) is 9.35. The maximum absolute atomic E-state index is 12.0. The molecule has 0 saturated carbocycles. The van der Waals surface area contributed by atoms with Crippen LogP contribution in [-0.2, 0) is 9.84 Å². The molecule has 0 bridgehead atoms. The van der Waals surface area contributed by atoms with Crippen LogP contribution in [0.2, 0.25) is 0 Å². The van der Waals surface area contributed by atoms with E-state index in [1.807, 2.05) is 20.8 Å². The Hall–Kier alpha value is -1.03. The van der Waals surface area contributed by atoms with E-state index in [-0.39, 0.29) is 21.8 Å². The molecular weight excluding hydrogens is 224 g/mol. The van der Waals surface area contributed by atoms with Crippen molar-refractivity contribution in [3.8, 4) is 5.75 Å². The molecular formula is C12H18O3S. The van der Waals surface area contributed by atoms with Crippen molar-refractivity contribution in [2.75, 3.05) is 5.75 Å². The van der Waals surface area contributed by atoms with Gasteiger partial charge in [0, 0.05) is 0 Å². The summed E-state index contributed by atoms with van der Waals surface area (Å²) in [6, 6.07) is 4.38. The minimum absolute atomic E-state index is 0.101. The van der Waals surface area contributed by atoms with Crippen LogP contribution in [-0.4, -0.2) is 19.3 Å². The molecule has 90 valence electrons. The molecule has 0 aliphatic heterocycles. The SMILES string of the molecule is Cc1cc(S(=O)(=O)CC(C)(C)C)ccc1O. The number of hydrogen-bond donors (Lipinski definition) is 1. The van der Waals surface area contributed by atoms with E-state index in [9.17, 15) is 13.5 Å². The summed E-state index contributed by atoms with van der Waals surface area (Å²) in [6.45, 7) is 7.35. The number of rotatable bonds is 2. The van der Waals surface area contributed by atoms with Crippen LogP contribution in [0.25, 0.3) is 0 Å². The monoisotopic (exact) mass is 242 g/mol. The number of phenolic OH excluding ortho intramolecular Hbond substituents is 1. The van der Waals surface area contributed by atoms with Gasteiger partial charge in [0.1, 0.15) is 5.75 Å². The van der Waals surface area contributed by atoms with Crippen molar-refractivity contribution in [2.45, 2.75) is 32.6 Å². The largest absolute Gasteiger partial charge is 0.508 e. The Morgan fingerprint density at radius 3 is 2.25 bits per heavy atom. The van der Waals surface area contributed by atoms with Crippen molar-refractivity contribution in [2.24, 2.45) is 5.41 Å². The molecule has 0 fully saturated rings. The molecule has 0 radical (unpaired) electrons. The van der Waals surface area contributed by atoms with Crippen molar-refractivity contribution in [1.29, 1.82) is 0 Å². The molecule has 0 saturated heterocycles. The van der Waals surface area contributed by atoms with Gasteiger partial charge in [-0.15, -0.1) is 0 Å². The van der Waals surface area contributed by atoms with E-state index < -0.39 is 9.84 Å². The predicted molar refractivity (Wildman–Crippen MR) is 64.4 cm³/mol. The summed E-state index contributed by atoms with van der Waals surface area (Å²) in [5.41, 5.74) is 0.305. The van der Waals surface area contributed by atoms with E-state index in [1.165, 1.54) is 18.2 Å². The maximum atomic E-state index is 12.0. The van der Waals surface area contributed by atoms with Gasteiger partial charge in [-0.3, -0.25) is 0 Å². The molecule has 16 heavy (non-hydrogen) atoms. The van der Waals surface area contributed by atoms with Gasteiger partial charge in [-0.25, -0.2) is 8.42 Å². The van der Waals surface area contributed by atoms with Crippen molar-refractivity contribution in [3.63, 3.8) is 0 Å². The Bertz CT molecular complexity index is 481. The summed E-state index contributed by atoms with van der Waals surface area (Å²) in [4.78, 5) is 0.276. The lowest BCUT2D eigenvalue weighted by Gasteiger charge is -2.18. The molecule has 1 N–H and O–H groups in total. The highest BCUT2D eigenvalue weighted by molar-refractivity contribution is 7.91. The first kappa shape index (κ1) is 13.0. The topological polar surface area (TPSA) is 54.4 Å². The second kappa shape index (κ2) is 4.09. The molecule has 1 aromatic carbocycles. The molecule has 1 aromatic rings. The zero-order valence-electron chi connectivity index (χ0n) is 10.1. The van der Waals surface area contributed by atoms with Gasteiger partial charge >= 0.3 is 0 Å². The molecule has 0 aromatic heterocycles. The first-order chi connectivity index (χ1) is 7.12. The van der Waals surface area contributed by atoms with Crippen LogP contribution >= 0.6 is 0 Å². The van der Waals surface area contributed by atoms with Gasteiger partial charge in [0.25, 0.3) is 0 Å². The molecule has 0 aliphatic carbocycles. The molecule has 1 rings (SSSR count). The fourth-order valence-corrected chi connectivity index (χ4v) is 3.41. The van der Waals surface area contributed by atoms with Gasteiger partial charge in [0.05, 0.1) is 10.6 Å². The van der Waals surface area contributed by atoms with Gasteiger partial charge < -0.3 is 5.11 Å². The third-order valence-corrected chi connectivity index (χ3v) is 4.37. The standard InChI is InChI=1S/C12H18O3S/c1-9-7-10(5-6-11(9)13)16(14,15)8-12(2,3)4/h5-7,13H,8H2,1-4H3. The smallest absolute Gasteiger partial charge is 0.178 e. The van der Waals surface area contributed by atoms with Crippen molar-refractivity contribution in [1.82, 2.24) is 0 Å². The summed E-state index contributed by atoms with van der Waals surface area (Å²) in [7, 11) is -3.27. The number of aryl methyl sites for hydroxylation is 1. The molecule has 4 heteroatoms. The van der Waals surface area contributed by atoms with E-state index in [2.05, 4.69) is 0 Å². The number of aromatic hydroxyl groups is 1. The average Bonchev–Trinajstić information content (AvgIpc) is 2.05. The number of phenols is 1. The Kier molecular flexibility index (Phi) is 3.33. The quantitative estimate of drug-likeness (QED) is 0.867. The maximum Gasteiger partial charge on any atom is 0.178 e. The predicted octanol–water partition coefficient (Wildman–Crippen LogP) is 2.52. The Morgan fingerprint density at radius 1 is 1.25 bits per heavy atom. The Balaban J connectivity index is 3.13.